The summed E-state index contributed by atoms with van der Waals surface area (Å²) < 4.78 is 1.87. The third-order valence-corrected chi connectivity index (χ3v) is 5.14. The van der Waals surface area contributed by atoms with E-state index in [0.717, 1.165) is 22.5 Å². The Bertz CT molecular complexity index is 757. The van der Waals surface area contributed by atoms with Gasteiger partial charge in [-0.1, -0.05) is 45.0 Å². The highest BCUT2D eigenvalue weighted by atomic mass is 35.5. The molecule has 0 aliphatic carbocycles. The molecule has 1 aromatic carbocycles. The normalized spacial score (nSPS) is 12.7. The van der Waals surface area contributed by atoms with Crippen molar-refractivity contribution in [2.24, 2.45) is 18.7 Å². The van der Waals surface area contributed by atoms with Crippen LogP contribution in [0.5, 0.6) is 0 Å². The Morgan fingerprint density at radius 1 is 1.11 bits per heavy atom. The number of benzene rings is 1. The largest absolute Gasteiger partial charge is 0.354 e. The van der Waals surface area contributed by atoms with E-state index in [-0.39, 0.29) is 42.7 Å². The van der Waals surface area contributed by atoms with E-state index in [0.29, 0.717) is 18.9 Å². The van der Waals surface area contributed by atoms with Crippen molar-refractivity contribution in [3.8, 4) is 0 Å². The van der Waals surface area contributed by atoms with Gasteiger partial charge >= 0.3 is 0 Å². The Balaban J connectivity index is 0.00000364. The Hall–Kier alpha value is -1.56. The zero-order valence-electron chi connectivity index (χ0n) is 17.7. The van der Waals surface area contributed by atoms with Crippen LogP contribution in [0.2, 0.25) is 0 Å². The van der Waals surface area contributed by atoms with Gasteiger partial charge in [0, 0.05) is 31.2 Å². The second kappa shape index (κ2) is 11.4. The van der Waals surface area contributed by atoms with E-state index in [9.17, 15) is 4.79 Å². The van der Waals surface area contributed by atoms with Gasteiger partial charge in [-0.25, -0.2) is 0 Å². The molecule has 0 aliphatic heterocycles. The number of hydrogen-bond acceptors (Lipinski definition) is 3. The van der Waals surface area contributed by atoms with Crippen molar-refractivity contribution in [3.05, 3.63) is 52.3 Å². The number of halogens is 2. The number of aryl methyl sites for hydroxylation is 2. The van der Waals surface area contributed by atoms with Crippen molar-refractivity contribution in [1.29, 1.82) is 0 Å². The first-order valence-corrected chi connectivity index (χ1v) is 9.32. The molecule has 0 fully saturated rings. The monoisotopic (exact) mass is 428 g/mol. The molecule has 3 N–H and O–H groups in total. The summed E-state index contributed by atoms with van der Waals surface area (Å²) in [5.41, 5.74) is 11.8. The number of nitrogens with one attached hydrogen (secondary N) is 1. The van der Waals surface area contributed by atoms with Gasteiger partial charge in [-0.3, -0.25) is 9.48 Å². The van der Waals surface area contributed by atoms with Crippen LogP contribution in [0.25, 0.3) is 0 Å². The van der Waals surface area contributed by atoms with Crippen LogP contribution in [0.4, 0.5) is 0 Å². The van der Waals surface area contributed by atoms with Crippen molar-refractivity contribution in [2.45, 2.75) is 53.0 Å². The zero-order valence-corrected chi connectivity index (χ0v) is 19.3. The summed E-state index contributed by atoms with van der Waals surface area (Å²) in [6.07, 6.45) is 0.690. The quantitative estimate of drug-likeness (QED) is 0.699. The molecule has 7 heteroatoms. The molecule has 2 rings (SSSR count). The molecular weight excluding hydrogens is 395 g/mol. The third kappa shape index (κ3) is 6.50. The average molecular weight is 429 g/mol. The highest BCUT2D eigenvalue weighted by Gasteiger charge is 2.19. The number of hydrogen-bond donors (Lipinski definition) is 2. The van der Waals surface area contributed by atoms with Crippen molar-refractivity contribution < 1.29 is 4.79 Å². The highest BCUT2D eigenvalue weighted by Crippen LogP contribution is 2.19. The predicted octanol–water partition coefficient (Wildman–Crippen LogP) is 4.00. The van der Waals surface area contributed by atoms with Crippen LogP contribution in [0.3, 0.4) is 0 Å². The van der Waals surface area contributed by atoms with E-state index in [2.05, 4.69) is 48.5 Å². The molecule has 1 aromatic heterocycles. The Morgan fingerprint density at radius 3 is 2.11 bits per heavy atom. The number of nitrogens with zero attached hydrogens (tertiary/aromatic N) is 2. The molecule has 1 heterocycles. The van der Waals surface area contributed by atoms with Crippen molar-refractivity contribution in [2.75, 3.05) is 6.54 Å². The standard InChI is InChI=1S/C21H32N4O.2ClH/c1-13(2)17-7-9-18(10-8-17)20(22)12-23-21(26)14(3)11-19-15(4)24-25(6)16(19)5;;/h7-10,13-14,20H,11-12,22H2,1-6H3,(H,23,26);2*1H. The molecule has 5 nitrogen and oxygen atoms in total. The van der Waals surface area contributed by atoms with E-state index in [1.165, 1.54) is 5.56 Å². The molecule has 0 radical (unpaired) electrons. The number of carbonyl (C=O) groups is 1. The minimum absolute atomic E-state index is 0. The number of rotatable bonds is 7. The summed E-state index contributed by atoms with van der Waals surface area (Å²) in [6, 6.07) is 8.13. The molecule has 0 aliphatic rings. The molecule has 1 amide bonds. The first-order chi connectivity index (χ1) is 12.2. The summed E-state index contributed by atoms with van der Waals surface area (Å²) in [7, 11) is 1.93. The van der Waals surface area contributed by atoms with Crippen LogP contribution in [0.15, 0.2) is 24.3 Å². The van der Waals surface area contributed by atoms with Crippen LogP contribution in [0, 0.1) is 19.8 Å². The fourth-order valence-electron chi connectivity index (χ4n) is 3.14. The summed E-state index contributed by atoms with van der Waals surface area (Å²) >= 11 is 0. The van der Waals surface area contributed by atoms with E-state index < -0.39 is 0 Å². The zero-order chi connectivity index (χ0) is 19.4. The van der Waals surface area contributed by atoms with Gasteiger partial charge in [-0.15, -0.1) is 24.8 Å². The minimum Gasteiger partial charge on any atom is -0.354 e. The lowest BCUT2D eigenvalue weighted by Gasteiger charge is -2.17. The summed E-state index contributed by atoms with van der Waals surface area (Å²) in [5, 5.41) is 7.41. The summed E-state index contributed by atoms with van der Waals surface area (Å²) in [6.45, 7) is 10.8. The van der Waals surface area contributed by atoms with Gasteiger partial charge in [-0.05, 0) is 42.9 Å². The Labute approximate surface area is 181 Å². The fourth-order valence-corrected chi connectivity index (χ4v) is 3.14. The third-order valence-electron chi connectivity index (χ3n) is 5.14. The second-order valence-electron chi connectivity index (χ2n) is 7.55. The SMILES string of the molecule is Cc1nn(C)c(C)c1CC(C)C(=O)NCC(N)c1ccc(C(C)C)cc1.Cl.Cl. The first-order valence-electron chi connectivity index (χ1n) is 9.32. The van der Waals surface area contributed by atoms with E-state index >= 15 is 0 Å². The maximum atomic E-state index is 12.5. The van der Waals surface area contributed by atoms with Crippen LogP contribution < -0.4 is 11.1 Å². The van der Waals surface area contributed by atoms with Crippen molar-refractivity contribution in [3.63, 3.8) is 0 Å². The molecule has 2 aromatic rings. The number of aromatic nitrogens is 2. The smallest absolute Gasteiger partial charge is 0.223 e. The molecule has 2 atom stereocenters. The lowest BCUT2D eigenvalue weighted by molar-refractivity contribution is -0.124. The van der Waals surface area contributed by atoms with Gasteiger partial charge < -0.3 is 11.1 Å². The van der Waals surface area contributed by atoms with Gasteiger partial charge in [0.25, 0.3) is 0 Å². The van der Waals surface area contributed by atoms with Crippen molar-refractivity contribution in [1.82, 2.24) is 15.1 Å². The predicted molar refractivity (Wildman–Crippen MR) is 121 cm³/mol. The minimum atomic E-state index is -0.200. The topological polar surface area (TPSA) is 72.9 Å². The molecule has 0 saturated heterocycles. The van der Waals surface area contributed by atoms with Gasteiger partial charge in [-0.2, -0.15) is 5.10 Å². The molecule has 158 valence electrons. The van der Waals surface area contributed by atoms with Crippen LogP contribution in [0.1, 0.15) is 60.8 Å². The van der Waals surface area contributed by atoms with Gasteiger partial charge in [0.2, 0.25) is 5.91 Å². The maximum absolute atomic E-state index is 12.5. The number of carbonyl (C=O) groups excluding carboxylic acids is 1. The van der Waals surface area contributed by atoms with E-state index in [1.807, 2.05) is 32.5 Å². The molecular formula is C21H34Cl2N4O. The van der Waals surface area contributed by atoms with E-state index in [4.69, 9.17) is 5.73 Å². The molecule has 28 heavy (non-hydrogen) atoms. The lowest BCUT2D eigenvalue weighted by Crippen LogP contribution is -2.36. The molecule has 0 spiro atoms. The highest BCUT2D eigenvalue weighted by molar-refractivity contribution is 5.85. The number of nitrogens with two attached hydrogens (primary N) is 1. The number of amides is 1. The molecule has 2 unspecified atom stereocenters. The van der Waals surface area contributed by atoms with Crippen LogP contribution in [-0.4, -0.2) is 22.2 Å². The Kier molecular flexibility index (Phi) is 10.8. The second-order valence-corrected chi connectivity index (χ2v) is 7.55. The molecule has 0 bridgehead atoms. The molecule has 0 saturated carbocycles. The van der Waals surface area contributed by atoms with Crippen LogP contribution >= 0.6 is 24.8 Å². The fraction of sp³-hybridized carbons (Fsp3) is 0.524. The lowest BCUT2D eigenvalue weighted by atomic mass is 9.98. The van der Waals surface area contributed by atoms with E-state index in [1.54, 1.807) is 0 Å². The van der Waals surface area contributed by atoms with Crippen molar-refractivity contribution >= 4 is 30.7 Å². The Morgan fingerprint density at radius 2 is 1.64 bits per heavy atom. The first kappa shape index (κ1) is 26.4. The maximum Gasteiger partial charge on any atom is 0.223 e. The van der Waals surface area contributed by atoms with Gasteiger partial charge in [0.15, 0.2) is 0 Å². The summed E-state index contributed by atoms with van der Waals surface area (Å²) in [5.74, 6) is 0.411. The average Bonchev–Trinajstić information content (AvgIpc) is 2.85. The van der Waals surface area contributed by atoms with Gasteiger partial charge in [0.1, 0.15) is 0 Å². The van der Waals surface area contributed by atoms with Gasteiger partial charge in [0.05, 0.1) is 5.69 Å². The van der Waals surface area contributed by atoms with Crippen LogP contribution in [-0.2, 0) is 18.3 Å². The summed E-state index contributed by atoms with van der Waals surface area (Å²) in [4.78, 5) is 12.5.